The number of hydrogen-bond donors (Lipinski definition) is 3. The number of nitrogens with zero attached hydrogens (tertiary/aromatic N) is 3. The summed E-state index contributed by atoms with van der Waals surface area (Å²) in [6.45, 7) is 1.01. The topological polar surface area (TPSA) is 147 Å². The minimum Gasteiger partial charge on any atom is -0.398 e. The molecule has 1 saturated heterocycles. The number of carbonyl (C=O) groups excluding carboxylic acids is 2. The summed E-state index contributed by atoms with van der Waals surface area (Å²) in [6, 6.07) is -0.883. The van der Waals surface area contributed by atoms with E-state index in [0.717, 1.165) is 22.7 Å². The molecule has 2 atom stereocenters. The van der Waals surface area contributed by atoms with Crippen LogP contribution in [-0.2, 0) is 19.0 Å². The molecule has 0 aromatic carbocycles. The summed E-state index contributed by atoms with van der Waals surface area (Å²) in [7, 11) is -2.39. The van der Waals surface area contributed by atoms with Gasteiger partial charge in [0.25, 0.3) is 19.3 Å². The Balaban J connectivity index is 2.07. The highest BCUT2D eigenvalue weighted by atomic mass is 32.1. The van der Waals surface area contributed by atoms with E-state index in [-0.39, 0.29) is 23.1 Å². The van der Waals surface area contributed by atoms with Gasteiger partial charge in [-0.2, -0.15) is 0 Å². The highest BCUT2D eigenvalue weighted by Crippen LogP contribution is 2.44. The first kappa shape index (κ1) is 16.4. The molecule has 2 rings (SSSR count). The lowest BCUT2D eigenvalue weighted by molar-refractivity contribution is -0.139. The monoisotopic (exact) mass is 347 g/mol. The molecule has 0 radical (unpaired) electrons. The molecular weight excluding hydrogens is 333 g/mol. The van der Waals surface area contributed by atoms with Crippen LogP contribution in [0.1, 0.15) is 5.69 Å². The van der Waals surface area contributed by atoms with Crippen LogP contribution in [0.2, 0.25) is 0 Å². The van der Waals surface area contributed by atoms with Crippen molar-refractivity contribution in [3.05, 3.63) is 11.1 Å². The van der Waals surface area contributed by atoms with E-state index >= 15 is 0 Å². The van der Waals surface area contributed by atoms with Gasteiger partial charge < -0.3 is 20.8 Å². The van der Waals surface area contributed by atoms with Crippen LogP contribution in [0.3, 0.4) is 0 Å². The van der Waals surface area contributed by atoms with Gasteiger partial charge in [0.2, 0.25) is 0 Å². The largest absolute Gasteiger partial charge is 0.398 e. The zero-order valence-corrected chi connectivity index (χ0v) is 13.4. The van der Waals surface area contributed by atoms with Crippen LogP contribution in [0, 0.1) is 0 Å². The van der Waals surface area contributed by atoms with Gasteiger partial charge in [-0.3, -0.25) is 18.8 Å². The van der Waals surface area contributed by atoms with Crippen molar-refractivity contribution in [3.8, 4) is 0 Å². The van der Waals surface area contributed by atoms with Gasteiger partial charge in [-0.1, -0.05) is 5.16 Å². The second kappa shape index (κ2) is 6.03. The molecule has 1 unspecified atom stereocenters. The molecule has 0 bridgehead atoms. The Hall–Kier alpha value is -1.97. The summed E-state index contributed by atoms with van der Waals surface area (Å²) in [6.07, 6.45) is 0. The number of nitrogens with one attached hydrogen (secondary N) is 1. The van der Waals surface area contributed by atoms with Gasteiger partial charge in [0.1, 0.15) is 18.8 Å². The van der Waals surface area contributed by atoms with E-state index in [4.69, 9.17) is 5.73 Å². The molecule has 1 aliphatic heterocycles. The average Bonchev–Trinajstić information content (AvgIpc) is 2.84. The quantitative estimate of drug-likeness (QED) is 0.274. The highest BCUT2D eigenvalue weighted by molar-refractivity contribution is 7.55. The number of nitrogen functional groups attached to an aromatic ring is 1. The third-order valence-electron chi connectivity index (χ3n) is 2.82. The van der Waals surface area contributed by atoms with Gasteiger partial charge in [0, 0.05) is 12.0 Å². The third kappa shape index (κ3) is 3.26. The van der Waals surface area contributed by atoms with E-state index in [9.17, 15) is 19.0 Å². The van der Waals surface area contributed by atoms with Crippen molar-refractivity contribution in [2.75, 3.05) is 26.1 Å². The molecule has 4 N–H and O–H groups in total. The number of aromatic nitrogens is 1. The number of β-lactam (4-membered cyclic amide) rings is 1. The number of thiazole rings is 1. The summed E-state index contributed by atoms with van der Waals surface area (Å²) in [5.74, 6) is -1.31. The van der Waals surface area contributed by atoms with E-state index < -0.39 is 25.4 Å². The molecule has 120 valence electrons. The summed E-state index contributed by atoms with van der Waals surface area (Å²) in [4.78, 5) is 41.7. The number of anilines is 1. The number of rotatable bonds is 5. The van der Waals surface area contributed by atoms with Crippen LogP contribution >= 0.6 is 18.9 Å². The summed E-state index contributed by atoms with van der Waals surface area (Å²) >= 11 is 1.12. The SMILES string of the molecule is CON=C(C(=O)N[C@H]1CN(P(C)(=O)O)C1=O)c1csc(N)n1. The van der Waals surface area contributed by atoms with Crippen molar-refractivity contribution in [1.29, 1.82) is 0 Å². The zero-order chi connectivity index (χ0) is 16.5. The van der Waals surface area contributed by atoms with Crippen molar-refractivity contribution in [2.45, 2.75) is 6.04 Å². The summed E-state index contributed by atoms with van der Waals surface area (Å²) in [5, 5.41) is 7.77. The molecule has 0 aliphatic carbocycles. The lowest BCUT2D eigenvalue weighted by Crippen LogP contribution is -2.63. The van der Waals surface area contributed by atoms with Crippen molar-refractivity contribution < 1.29 is 23.9 Å². The Labute approximate surface area is 129 Å². The molecule has 2 heterocycles. The number of carbonyl (C=O) groups is 2. The summed E-state index contributed by atoms with van der Waals surface area (Å²) < 4.78 is 12.2. The minimum absolute atomic E-state index is 0.0473. The van der Waals surface area contributed by atoms with Crippen LogP contribution in [0.15, 0.2) is 10.5 Å². The van der Waals surface area contributed by atoms with Gasteiger partial charge in [0.15, 0.2) is 10.8 Å². The average molecular weight is 347 g/mol. The van der Waals surface area contributed by atoms with Crippen LogP contribution in [0.25, 0.3) is 0 Å². The fourth-order valence-electron chi connectivity index (χ4n) is 1.77. The Bertz CT molecular complexity index is 683. The second-order valence-corrected chi connectivity index (χ2v) is 7.52. The highest BCUT2D eigenvalue weighted by Gasteiger charge is 2.45. The molecule has 22 heavy (non-hydrogen) atoms. The Morgan fingerprint density at radius 1 is 1.73 bits per heavy atom. The van der Waals surface area contributed by atoms with E-state index in [0.29, 0.717) is 0 Å². The normalized spacial score (nSPS) is 21.0. The first-order valence-electron chi connectivity index (χ1n) is 5.99. The molecule has 2 amide bonds. The molecule has 0 saturated carbocycles. The first-order chi connectivity index (χ1) is 10.2. The fraction of sp³-hybridized carbons (Fsp3) is 0.400. The van der Waals surface area contributed by atoms with E-state index in [1.54, 1.807) is 0 Å². The number of nitrogens with two attached hydrogens (primary N) is 1. The van der Waals surface area contributed by atoms with Crippen LogP contribution in [0.5, 0.6) is 0 Å². The van der Waals surface area contributed by atoms with Crippen LogP contribution in [0.4, 0.5) is 5.13 Å². The Kier molecular flexibility index (Phi) is 4.50. The third-order valence-corrected chi connectivity index (χ3v) is 4.75. The molecule has 0 spiro atoms. The van der Waals surface area contributed by atoms with Gasteiger partial charge in [-0.05, 0) is 0 Å². The predicted molar refractivity (Wildman–Crippen MR) is 79.5 cm³/mol. The van der Waals surface area contributed by atoms with Gasteiger partial charge in [-0.25, -0.2) is 4.98 Å². The van der Waals surface area contributed by atoms with Crippen molar-refractivity contribution in [2.24, 2.45) is 5.16 Å². The van der Waals surface area contributed by atoms with Crippen molar-refractivity contribution in [1.82, 2.24) is 15.0 Å². The van der Waals surface area contributed by atoms with E-state index in [2.05, 4.69) is 20.3 Å². The van der Waals surface area contributed by atoms with E-state index in [1.165, 1.54) is 12.5 Å². The molecule has 1 aromatic heterocycles. The second-order valence-electron chi connectivity index (χ2n) is 4.48. The first-order valence-corrected chi connectivity index (χ1v) is 8.93. The van der Waals surface area contributed by atoms with Gasteiger partial charge in [0.05, 0.1) is 6.54 Å². The molecule has 1 aromatic rings. The Morgan fingerprint density at radius 2 is 2.41 bits per heavy atom. The van der Waals surface area contributed by atoms with Gasteiger partial charge in [-0.15, -0.1) is 11.3 Å². The lowest BCUT2D eigenvalue weighted by atomic mass is 10.1. The maximum Gasteiger partial charge on any atom is 0.293 e. The maximum atomic E-state index is 12.1. The lowest BCUT2D eigenvalue weighted by Gasteiger charge is -2.39. The van der Waals surface area contributed by atoms with Crippen molar-refractivity contribution in [3.63, 3.8) is 0 Å². The molecule has 12 heteroatoms. The smallest absolute Gasteiger partial charge is 0.293 e. The molecule has 1 aliphatic rings. The summed E-state index contributed by atoms with van der Waals surface area (Å²) in [5.41, 5.74) is 5.58. The standard InChI is InChI=1S/C10H14N5O5PS/c1-20-14-7(6-4-22-10(11)13-6)8(16)12-5-3-15(9(5)17)21(2,18)19/h4-5H,3H2,1-2H3,(H2,11,13)(H,12,16)(H,18,19)/t5-/m0/s1. The maximum absolute atomic E-state index is 12.1. The molecular formula is C10H14N5O5PS. The molecule has 10 nitrogen and oxygen atoms in total. The van der Waals surface area contributed by atoms with E-state index in [1.807, 2.05) is 0 Å². The van der Waals surface area contributed by atoms with Crippen molar-refractivity contribution >= 4 is 41.5 Å². The number of hydrogen-bond acceptors (Lipinski definition) is 8. The number of oxime groups is 1. The molecule has 1 fully saturated rings. The van der Waals surface area contributed by atoms with Crippen LogP contribution < -0.4 is 11.1 Å². The predicted octanol–water partition coefficient (Wildman–Crippen LogP) is -0.782. The zero-order valence-electron chi connectivity index (χ0n) is 11.7. The number of amides is 2. The fourth-order valence-corrected chi connectivity index (χ4v) is 3.29. The van der Waals surface area contributed by atoms with Crippen LogP contribution in [-0.4, -0.2) is 58.4 Å². The minimum atomic E-state index is -3.65. The Morgan fingerprint density at radius 3 is 2.86 bits per heavy atom. The van der Waals surface area contributed by atoms with Gasteiger partial charge >= 0.3 is 0 Å².